The minimum absolute atomic E-state index is 0.124. The van der Waals surface area contributed by atoms with E-state index in [0.717, 1.165) is 16.9 Å². The van der Waals surface area contributed by atoms with Gasteiger partial charge in [-0.3, -0.25) is 0 Å². The van der Waals surface area contributed by atoms with Gasteiger partial charge in [-0.1, -0.05) is 54.6 Å². The van der Waals surface area contributed by atoms with Crippen LogP contribution >= 0.6 is 0 Å². The first-order valence-electron chi connectivity index (χ1n) is 12.3. The molecule has 0 fully saturated rings. The van der Waals surface area contributed by atoms with Gasteiger partial charge in [-0.05, 0) is 78.1 Å². The molecule has 0 saturated carbocycles. The zero-order valence-electron chi connectivity index (χ0n) is 20.4. The smallest absolute Gasteiger partial charge is 0.123 e. The van der Waals surface area contributed by atoms with Crippen LogP contribution in [0, 0.1) is 17.6 Å². The van der Waals surface area contributed by atoms with Gasteiger partial charge in [0, 0.05) is 18.2 Å². The molecule has 3 atom stereocenters. The summed E-state index contributed by atoms with van der Waals surface area (Å²) in [5.74, 6) is -0.219. The third-order valence-corrected chi connectivity index (χ3v) is 6.43. The fourth-order valence-corrected chi connectivity index (χ4v) is 4.30. The van der Waals surface area contributed by atoms with Gasteiger partial charge in [-0.15, -0.1) is 0 Å². The first-order valence-corrected chi connectivity index (χ1v) is 12.3. The van der Waals surface area contributed by atoms with E-state index in [1.165, 1.54) is 24.3 Å². The summed E-state index contributed by atoms with van der Waals surface area (Å²) >= 11 is 0. The van der Waals surface area contributed by atoms with Crippen molar-refractivity contribution in [3.05, 3.63) is 131 Å². The first kappa shape index (κ1) is 26.3. The molecule has 4 aromatic carbocycles. The fraction of sp³-hybridized carbons (Fsp3) is 0.226. The Kier molecular flexibility index (Phi) is 9.24. The molecule has 0 amide bonds. The lowest BCUT2D eigenvalue weighted by Gasteiger charge is -2.29. The molecule has 0 aromatic heterocycles. The molecular weight excluding hydrogens is 472 g/mol. The molecule has 0 unspecified atom stereocenters. The van der Waals surface area contributed by atoms with Gasteiger partial charge in [-0.25, -0.2) is 8.78 Å². The van der Waals surface area contributed by atoms with Crippen molar-refractivity contribution in [2.75, 3.05) is 11.9 Å². The van der Waals surface area contributed by atoms with Gasteiger partial charge in [0.2, 0.25) is 0 Å². The molecule has 0 aliphatic carbocycles. The topological polar surface area (TPSA) is 61.7 Å². The molecule has 0 bridgehead atoms. The lowest BCUT2D eigenvalue weighted by molar-refractivity contribution is 0.136. The van der Waals surface area contributed by atoms with E-state index in [9.17, 15) is 19.0 Å². The second-order valence-corrected chi connectivity index (χ2v) is 9.06. The Labute approximate surface area is 216 Å². The number of hydrogen-bond acceptors (Lipinski definition) is 4. The van der Waals surface area contributed by atoms with E-state index in [1.54, 1.807) is 24.3 Å². The first-order chi connectivity index (χ1) is 18.0. The van der Waals surface area contributed by atoms with Crippen molar-refractivity contribution in [3.63, 3.8) is 0 Å². The SMILES string of the molecule is OC[C@H](CC[C@H](O)c1ccc(F)cc1)[C@H](Nc1ccc(F)cc1)c1ccc(OCc2ccccc2)cc1. The van der Waals surface area contributed by atoms with E-state index < -0.39 is 6.10 Å². The maximum Gasteiger partial charge on any atom is 0.123 e. The van der Waals surface area contributed by atoms with Gasteiger partial charge < -0.3 is 20.3 Å². The largest absolute Gasteiger partial charge is 0.489 e. The summed E-state index contributed by atoms with van der Waals surface area (Å²) < 4.78 is 32.6. The maximum atomic E-state index is 13.5. The van der Waals surface area contributed by atoms with Crippen LogP contribution in [0.5, 0.6) is 5.75 Å². The molecule has 4 nitrogen and oxygen atoms in total. The van der Waals surface area contributed by atoms with Crippen LogP contribution in [0.1, 0.15) is 41.7 Å². The molecule has 4 aromatic rings. The molecule has 0 heterocycles. The van der Waals surface area contributed by atoms with E-state index >= 15 is 0 Å². The Hall–Kier alpha value is -3.74. The number of nitrogens with one attached hydrogen (secondary N) is 1. The van der Waals surface area contributed by atoms with Crippen molar-refractivity contribution in [2.24, 2.45) is 5.92 Å². The minimum atomic E-state index is -0.783. The van der Waals surface area contributed by atoms with Crippen LogP contribution in [-0.2, 0) is 6.61 Å². The maximum absolute atomic E-state index is 13.5. The molecule has 0 saturated heterocycles. The van der Waals surface area contributed by atoms with Gasteiger partial charge in [-0.2, -0.15) is 0 Å². The Balaban J connectivity index is 1.49. The van der Waals surface area contributed by atoms with Crippen molar-refractivity contribution in [1.29, 1.82) is 0 Å². The van der Waals surface area contributed by atoms with Crippen LogP contribution in [0.15, 0.2) is 103 Å². The zero-order valence-corrected chi connectivity index (χ0v) is 20.4. The highest BCUT2D eigenvalue weighted by Crippen LogP contribution is 2.33. The monoisotopic (exact) mass is 503 g/mol. The summed E-state index contributed by atoms with van der Waals surface area (Å²) in [6.07, 6.45) is 0.103. The van der Waals surface area contributed by atoms with E-state index in [-0.39, 0.29) is 30.2 Å². The third kappa shape index (κ3) is 7.62. The molecule has 192 valence electrons. The van der Waals surface area contributed by atoms with Crippen LogP contribution in [0.3, 0.4) is 0 Å². The molecule has 0 spiro atoms. The summed E-state index contributed by atoms with van der Waals surface area (Å²) in [4.78, 5) is 0. The number of ether oxygens (including phenoxy) is 1. The van der Waals surface area contributed by atoms with Crippen molar-refractivity contribution >= 4 is 5.69 Å². The Bertz CT molecular complexity index is 1220. The van der Waals surface area contributed by atoms with Crippen molar-refractivity contribution < 1.29 is 23.7 Å². The fourth-order valence-electron chi connectivity index (χ4n) is 4.30. The van der Waals surface area contributed by atoms with Crippen molar-refractivity contribution in [1.82, 2.24) is 0 Å². The lowest BCUT2D eigenvalue weighted by Crippen LogP contribution is -2.24. The van der Waals surface area contributed by atoms with E-state index in [1.807, 2.05) is 54.6 Å². The Morgan fingerprint density at radius 1 is 0.703 bits per heavy atom. The van der Waals surface area contributed by atoms with Gasteiger partial charge >= 0.3 is 0 Å². The number of aliphatic hydroxyl groups is 2. The minimum Gasteiger partial charge on any atom is -0.489 e. The second kappa shape index (κ2) is 13.0. The number of rotatable bonds is 12. The van der Waals surface area contributed by atoms with Crippen LogP contribution in [0.4, 0.5) is 14.5 Å². The molecule has 3 N–H and O–H groups in total. The molecule has 6 heteroatoms. The highest BCUT2D eigenvalue weighted by molar-refractivity contribution is 5.46. The van der Waals surface area contributed by atoms with Crippen LogP contribution in [0.25, 0.3) is 0 Å². The molecular formula is C31H31F2NO3. The van der Waals surface area contributed by atoms with Crippen molar-refractivity contribution in [3.8, 4) is 5.75 Å². The van der Waals surface area contributed by atoms with E-state index in [0.29, 0.717) is 30.7 Å². The quantitative estimate of drug-likeness (QED) is 0.199. The number of halogens is 2. The lowest BCUT2D eigenvalue weighted by atomic mass is 9.87. The summed E-state index contributed by atoms with van der Waals surface area (Å²) in [5, 5.41) is 24.4. The van der Waals surface area contributed by atoms with Gasteiger partial charge in [0.1, 0.15) is 24.0 Å². The zero-order chi connectivity index (χ0) is 26.0. The van der Waals surface area contributed by atoms with Crippen LogP contribution in [0.2, 0.25) is 0 Å². The number of benzene rings is 4. The molecule has 37 heavy (non-hydrogen) atoms. The Morgan fingerprint density at radius 3 is 1.92 bits per heavy atom. The predicted molar refractivity (Wildman–Crippen MR) is 141 cm³/mol. The molecule has 4 rings (SSSR count). The molecule has 0 radical (unpaired) electrons. The third-order valence-electron chi connectivity index (χ3n) is 6.43. The number of anilines is 1. The van der Waals surface area contributed by atoms with Gasteiger partial charge in [0.25, 0.3) is 0 Å². The van der Waals surface area contributed by atoms with Crippen LogP contribution < -0.4 is 10.1 Å². The normalized spacial score (nSPS) is 13.5. The highest BCUT2D eigenvalue weighted by Gasteiger charge is 2.24. The Morgan fingerprint density at radius 2 is 1.30 bits per heavy atom. The molecule has 0 aliphatic rings. The van der Waals surface area contributed by atoms with Crippen LogP contribution in [-0.4, -0.2) is 16.8 Å². The summed E-state index contributed by atoms with van der Waals surface area (Å²) in [5.41, 5.74) is 3.34. The van der Waals surface area contributed by atoms with Gasteiger partial charge in [0.15, 0.2) is 0 Å². The second-order valence-electron chi connectivity index (χ2n) is 9.06. The van der Waals surface area contributed by atoms with Gasteiger partial charge in [0.05, 0.1) is 12.1 Å². The molecule has 0 aliphatic heterocycles. The summed E-state index contributed by atoms with van der Waals surface area (Å²) in [6.45, 7) is 0.333. The average molecular weight is 504 g/mol. The highest BCUT2D eigenvalue weighted by atomic mass is 19.1. The summed E-state index contributed by atoms with van der Waals surface area (Å²) in [7, 11) is 0. The summed E-state index contributed by atoms with van der Waals surface area (Å²) in [6, 6.07) is 29.1. The van der Waals surface area contributed by atoms with E-state index in [2.05, 4.69) is 5.32 Å². The average Bonchev–Trinajstić information content (AvgIpc) is 2.94. The predicted octanol–water partition coefficient (Wildman–Crippen LogP) is 6.82. The standard InChI is InChI=1S/C31H31F2NO3/c32-26-11-6-23(7-12-26)30(36)19-10-25(20-35)31(34-28-15-13-27(33)14-16-28)24-8-17-29(18-9-24)37-21-22-4-2-1-3-5-22/h1-9,11-18,25,30-31,34-36H,10,19-21H2/t25-,30-,31+/m0/s1. The number of hydrogen-bond donors (Lipinski definition) is 3. The van der Waals surface area contributed by atoms with Crippen molar-refractivity contribution in [2.45, 2.75) is 31.6 Å². The number of aliphatic hydroxyl groups excluding tert-OH is 2. The van der Waals surface area contributed by atoms with E-state index in [4.69, 9.17) is 4.74 Å².